The molecule has 19 heavy (non-hydrogen) atoms. The van der Waals surface area contributed by atoms with E-state index in [9.17, 15) is 13.2 Å². The van der Waals surface area contributed by atoms with Crippen molar-refractivity contribution in [2.75, 3.05) is 4.72 Å². The second-order valence-corrected chi connectivity index (χ2v) is 5.28. The van der Waals surface area contributed by atoms with E-state index in [4.69, 9.17) is 9.52 Å². The Morgan fingerprint density at radius 3 is 2.68 bits per heavy atom. The first-order chi connectivity index (χ1) is 8.90. The van der Waals surface area contributed by atoms with Crippen LogP contribution >= 0.6 is 0 Å². The van der Waals surface area contributed by atoms with Gasteiger partial charge in [-0.15, -0.1) is 0 Å². The number of carboxylic acids is 1. The summed E-state index contributed by atoms with van der Waals surface area (Å²) in [5.41, 5.74) is 0.798. The average Bonchev–Trinajstić information content (AvgIpc) is 2.82. The van der Waals surface area contributed by atoms with Crippen molar-refractivity contribution in [2.45, 2.75) is 12.0 Å². The van der Waals surface area contributed by atoms with E-state index in [0.29, 0.717) is 11.4 Å². The van der Waals surface area contributed by atoms with Crippen LogP contribution in [0.3, 0.4) is 0 Å². The van der Waals surface area contributed by atoms with Crippen LogP contribution in [0.25, 0.3) is 0 Å². The summed E-state index contributed by atoms with van der Waals surface area (Å²) in [6.45, 7) is 1.64. The number of sulfonamides is 1. The third-order valence-electron chi connectivity index (χ3n) is 2.31. The maximum Gasteiger partial charge on any atom is 0.371 e. The van der Waals surface area contributed by atoms with Gasteiger partial charge < -0.3 is 9.52 Å². The van der Waals surface area contributed by atoms with Crippen LogP contribution in [-0.2, 0) is 10.0 Å². The van der Waals surface area contributed by atoms with Crippen LogP contribution in [0.5, 0.6) is 0 Å². The van der Waals surface area contributed by atoms with Gasteiger partial charge in [0, 0.05) is 6.20 Å². The average molecular weight is 282 g/mol. The first-order valence-electron chi connectivity index (χ1n) is 5.18. The molecule has 2 rings (SSSR count). The van der Waals surface area contributed by atoms with Gasteiger partial charge in [0.05, 0.1) is 11.4 Å². The number of hydrogen-bond acceptors (Lipinski definition) is 5. The van der Waals surface area contributed by atoms with Crippen LogP contribution in [0.2, 0.25) is 0 Å². The van der Waals surface area contributed by atoms with Gasteiger partial charge in [0.15, 0.2) is 0 Å². The topological polar surface area (TPSA) is 110 Å². The van der Waals surface area contributed by atoms with Gasteiger partial charge in [-0.2, -0.15) is 8.42 Å². The van der Waals surface area contributed by atoms with E-state index in [1.165, 1.54) is 6.20 Å². The number of aromatic carboxylic acids is 1. The molecule has 0 spiro atoms. The number of carboxylic acid groups (broad SMARTS) is 1. The minimum atomic E-state index is -3.97. The lowest BCUT2D eigenvalue weighted by Gasteiger charge is -2.07. The number of hydrogen-bond donors (Lipinski definition) is 2. The molecular formula is C11H10N2O5S. The molecular weight excluding hydrogens is 272 g/mol. The van der Waals surface area contributed by atoms with E-state index >= 15 is 0 Å². The van der Waals surface area contributed by atoms with Crippen molar-refractivity contribution in [3.63, 3.8) is 0 Å². The lowest BCUT2D eigenvalue weighted by molar-refractivity contribution is 0.0656. The van der Waals surface area contributed by atoms with E-state index in [2.05, 4.69) is 9.71 Å². The number of aromatic nitrogens is 1. The van der Waals surface area contributed by atoms with E-state index in [1.54, 1.807) is 19.1 Å². The lowest BCUT2D eigenvalue weighted by Crippen LogP contribution is -2.13. The first kappa shape index (κ1) is 13.1. The molecule has 0 radical (unpaired) electrons. The molecule has 0 aromatic carbocycles. The number of rotatable bonds is 4. The summed E-state index contributed by atoms with van der Waals surface area (Å²) in [6.07, 6.45) is 1.53. The SMILES string of the molecule is Cc1ncccc1NS(=O)(=O)c1ccc(C(=O)O)o1. The van der Waals surface area contributed by atoms with Crippen LogP contribution in [0.1, 0.15) is 16.2 Å². The molecule has 0 aliphatic rings. The van der Waals surface area contributed by atoms with Crippen LogP contribution in [0, 0.1) is 6.92 Å². The number of furan rings is 1. The standard InChI is InChI=1S/C11H10N2O5S/c1-7-8(3-2-6-12-7)13-19(16,17)10-5-4-9(18-10)11(14)15/h2-6,13H,1H3,(H,14,15). The van der Waals surface area contributed by atoms with E-state index < -0.39 is 26.8 Å². The monoisotopic (exact) mass is 282 g/mol. The van der Waals surface area contributed by atoms with Gasteiger partial charge in [-0.05, 0) is 31.2 Å². The fraction of sp³-hybridized carbons (Fsp3) is 0.0909. The molecule has 0 unspecified atom stereocenters. The van der Waals surface area contributed by atoms with Gasteiger partial charge in [0.2, 0.25) is 10.9 Å². The number of nitrogens with zero attached hydrogens (tertiary/aromatic N) is 1. The summed E-state index contributed by atoms with van der Waals surface area (Å²) in [5.74, 6) is -1.78. The smallest absolute Gasteiger partial charge is 0.371 e. The minimum absolute atomic E-state index is 0.302. The summed E-state index contributed by atoms with van der Waals surface area (Å²) in [5, 5.41) is 8.21. The molecule has 0 fully saturated rings. The Balaban J connectivity index is 2.32. The highest BCUT2D eigenvalue weighted by Crippen LogP contribution is 2.19. The van der Waals surface area contributed by atoms with Gasteiger partial charge in [0.1, 0.15) is 0 Å². The molecule has 0 saturated carbocycles. The van der Waals surface area contributed by atoms with Crippen molar-refractivity contribution in [2.24, 2.45) is 0 Å². The Morgan fingerprint density at radius 1 is 1.37 bits per heavy atom. The molecule has 2 heterocycles. The Kier molecular flexibility index (Phi) is 3.26. The summed E-state index contributed by atoms with van der Waals surface area (Å²) < 4.78 is 31.0. The number of anilines is 1. The minimum Gasteiger partial charge on any atom is -0.475 e. The molecule has 8 heteroatoms. The van der Waals surface area contributed by atoms with Crippen LogP contribution in [-0.4, -0.2) is 24.5 Å². The second kappa shape index (κ2) is 4.73. The highest BCUT2D eigenvalue weighted by molar-refractivity contribution is 7.92. The van der Waals surface area contributed by atoms with Crippen molar-refractivity contribution in [1.82, 2.24) is 4.98 Å². The third-order valence-corrected chi connectivity index (χ3v) is 3.55. The Hall–Kier alpha value is -2.35. The van der Waals surface area contributed by atoms with Gasteiger partial charge in [-0.25, -0.2) is 4.79 Å². The predicted octanol–water partition coefficient (Wildman–Crippen LogP) is 1.48. The first-order valence-corrected chi connectivity index (χ1v) is 6.66. The van der Waals surface area contributed by atoms with E-state index in [-0.39, 0.29) is 0 Å². The number of aryl methyl sites for hydroxylation is 1. The summed E-state index contributed by atoms with van der Waals surface area (Å²) >= 11 is 0. The zero-order valence-corrected chi connectivity index (χ0v) is 10.6. The van der Waals surface area contributed by atoms with Crippen molar-refractivity contribution in [3.05, 3.63) is 41.9 Å². The molecule has 0 atom stereocenters. The Bertz CT molecular complexity index is 720. The largest absolute Gasteiger partial charge is 0.475 e. The summed E-state index contributed by atoms with van der Waals surface area (Å²) in [4.78, 5) is 14.6. The second-order valence-electron chi connectivity index (χ2n) is 3.67. The van der Waals surface area contributed by atoms with Crippen LogP contribution in [0.4, 0.5) is 5.69 Å². The molecule has 0 amide bonds. The fourth-order valence-corrected chi connectivity index (χ4v) is 2.42. The Labute approximate surface area is 108 Å². The highest BCUT2D eigenvalue weighted by Gasteiger charge is 2.21. The van der Waals surface area contributed by atoms with Crippen molar-refractivity contribution in [3.8, 4) is 0 Å². The van der Waals surface area contributed by atoms with Gasteiger partial charge >= 0.3 is 5.97 Å². The zero-order chi connectivity index (χ0) is 14.0. The van der Waals surface area contributed by atoms with Gasteiger partial charge in [-0.1, -0.05) is 0 Å². The molecule has 0 aliphatic carbocycles. The lowest BCUT2D eigenvalue weighted by atomic mass is 10.3. The van der Waals surface area contributed by atoms with Crippen molar-refractivity contribution < 1.29 is 22.7 Å². The number of nitrogens with one attached hydrogen (secondary N) is 1. The van der Waals surface area contributed by atoms with Crippen molar-refractivity contribution in [1.29, 1.82) is 0 Å². The summed E-state index contributed by atoms with van der Waals surface area (Å²) in [6, 6.07) is 5.28. The maximum absolute atomic E-state index is 12.0. The summed E-state index contributed by atoms with van der Waals surface area (Å²) in [7, 11) is -3.97. The molecule has 2 aromatic rings. The molecule has 0 bridgehead atoms. The van der Waals surface area contributed by atoms with Gasteiger partial charge in [-0.3, -0.25) is 9.71 Å². The normalized spacial score (nSPS) is 11.2. The Morgan fingerprint density at radius 2 is 2.11 bits per heavy atom. The van der Waals surface area contributed by atoms with E-state index in [0.717, 1.165) is 12.1 Å². The molecule has 0 saturated heterocycles. The highest BCUT2D eigenvalue weighted by atomic mass is 32.2. The quantitative estimate of drug-likeness (QED) is 0.879. The number of carbonyl (C=O) groups is 1. The third kappa shape index (κ3) is 2.74. The van der Waals surface area contributed by atoms with E-state index in [1.807, 2.05) is 0 Å². The molecule has 100 valence electrons. The zero-order valence-electron chi connectivity index (χ0n) is 9.82. The molecule has 7 nitrogen and oxygen atoms in total. The van der Waals surface area contributed by atoms with Gasteiger partial charge in [0.25, 0.3) is 10.0 Å². The molecule has 2 N–H and O–H groups in total. The number of pyridine rings is 1. The van der Waals surface area contributed by atoms with Crippen LogP contribution in [0.15, 0.2) is 40.0 Å². The molecule has 0 aliphatic heterocycles. The van der Waals surface area contributed by atoms with Crippen LogP contribution < -0.4 is 4.72 Å². The maximum atomic E-state index is 12.0. The molecule has 2 aromatic heterocycles. The predicted molar refractivity (Wildman–Crippen MR) is 65.4 cm³/mol. The van der Waals surface area contributed by atoms with Crippen molar-refractivity contribution >= 4 is 21.7 Å². The fourth-order valence-electron chi connectivity index (χ4n) is 1.37.